The predicted molar refractivity (Wildman–Crippen MR) is 131 cm³/mol. The molecule has 1 aromatic heterocycles. The van der Waals surface area contributed by atoms with Crippen LogP contribution in [0.4, 0.5) is 0 Å². The average molecular weight is 463 g/mol. The van der Waals surface area contributed by atoms with Crippen molar-refractivity contribution in [1.29, 1.82) is 0 Å². The number of aliphatic hydroxyl groups is 1. The molecule has 0 saturated heterocycles. The normalized spacial score (nSPS) is 15.1. The average Bonchev–Trinajstić information content (AvgIpc) is 2.86. The monoisotopic (exact) mass is 462 g/mol. The van der Waals surface area contributed by atoms with Gasteiger partial charge in [-0.2, -0.15) is 0 Å². The van der Waals surface area contributed by atoms with E-state index in [9.17, 15) is 14.7 Å². The molecular formula is C27H30N2O5. The number of nitrogens with one attached hydrogen (secondary N) is 1. The minimum Gasteiger partial charge on any atom is -0.493 e. The van der Waals surface area contributed by atoms with E-state index in [4.69, 9.17) is 9.47 Å². The second-order valence-electron chi connectivity index (χ2n) is 8.60. The van der Waals surface area contributed by atoms with Gasteiger partial charge in [-0.15, -0.1) is 0 Å². The number of hydrogen-bond acceptors (Lipinski definition) is 5. The Bertz CT molecular complexity index is 1240. The first kappa shape index (κ1) is 23.6. The highest BCUT2D eigenvalue weighted by Gasteiger charge is 2.27. The lowest BCUT2D eigenvalue weighted by Crippen LogP contribution is -2.38. The van der Waals surface area contributed by atoms with Gasteiger partial charge in [-0.25, -0.2) is 0 Å². The van der Waals surface area contributed by atoms with Crippen LogP contribution in [0.1, 0.15) is 47.8 Å². The number of methoxy groups -OCH3 is 1. The van der Waals surface area contributed by atoms with E-state index >= 15 is 0 Å². The van der Waals surface area contributed by atoms with Crippen LogP contribution in [-0.4, -0.2) is 35.3 Å². The van der Waals surface area contributed by atoms with E-state index in [-0.39, 0.29) is 23.6 Å². The largest absolute Gasteiger partial charge is 0.493 e. The van der Waals surface area contributed by atoms with Crippen molar-refractivity contribution in [3.63, 3.8) is 0 Å². The summed E-state index contributed by atoms with van der Waals surface area (Å²) in [5.74, 6) is 0.761. The number of ether oxygens (including phenoxy) is 2. The molecule has 2 N–H and O–H groups in total. The standard InChI is InChI=1S/C27H30N2O5/c1-4-20-10-19-11-26(34-16-18-8-6-5-7-9-18)25(33-3)12-21(19)23-13-24(31)22(14-29(20)23)27(32)28-17(2)15-30/h5-9,11-14,17,20,30H,4,10,15-16H2,1-3H3,(H,28,32). The molecule has 0 bridgehead atoms. The molecular weight excluding hydrogens is 432 g/mol. The van der Waals surface area contributed by atoms with Gasteiger partial charge in [0, 0.05) is 29.9 Å². The Morgan fingerprint density at radius 2 is 1.97 bits per heavy atom. The van der Waals surface area contributed by atoms with Gasteiger partial charge in [0.25, 0.3) is 5.91 Å². The Kier molecular flexibility index (Phi) is 7.03. The van der Waals surface area contributed by atoms with Crippen molar-refractivity contribution in [3.8, 4) is 22.8 Å². The number of carbonyl (C=O) groups excluding carboxylic acids is 1. The fourth-order valence-corrected chi connectivity index (χ4v) is 4.30. The Labute approximate surface area is 199 Å². The molecule has 0 fully saturated rings. The number of aliphatic hydroxyl groups excluding tert-OH is 1. The van der Waals surface area contributed by atoms with E-state index in [2.05, 4.69) is 12.2 Å². The smallest absolute Gasteiger partial charge is 0.257 e. The van der Waals surface area contributed by atoms with Crippen LogP contribution in [0.25, 0.3) is 11.3 Å². The highest BCUT2D eigenvalue weighted by atomic mass is 16.5. The number of amides is 1. The summed E-state index contributed by atoms with van der Waals surface area (Å²) in [6.07, 6.45) is 3.21. The summed E-state index contributed by atoms with van der Waals surface area (Å²) < 4.78 is 13.7. The Balaban J connectivity index is 1.73. The van der Waals surface area contributed by atoms with Gasteiger partial charge in [-0.3, -0.25) is 9.59 Å². The number of fused-ring (bicyclic) bond motifs is 3. The van der Waals surface area contributed by atoms with Gasteiger partial charge < -0.3 is 24.5 Å². The maximum absolute atomic E-state index is 12.9. The summed E-state index contributed by atoms with van der Waals surface area (Å²) in [5, 5.41) is 11.9. The van der Waals surface area contributed by atoms with Gasteiger partial charge in [0.2, 0.25) is 0 Å². The molecule has 178 valence electrons. The summed E-state index contributed by atoms with van der Waals surface area (Å²) >= 11 is 0. The molecule has 0 saturated carbocycles. The Morgan fingerprint density at radius 1 is 1.21 bits per heavy atom. The second-order valence-corrected chi connectivity index (χ2v) is 8.60. The summed E-state index contributed by atoms with van der Waals surface area (Å²) in [7, 11) is 1.59. The first-order valence-corrected chi connectivity index (χ1v) is 11.5. The third-order valence-corrected chi connectivity index (χ3v) is 6.20. The van der Waals surface area contributed by atoms with Crippen LogP contribution in [-0.2, 0) is 13.0 Å². The van der Waals surface area contributed by atoms with Crippen molar-refractivity contribution in [1.82, 2.24) is 9.88 Å². The topological polar surface area (TPSA) is 89.8 Å². The van der Waals surface area contributed by atoms with Crippen LogP contribution < -0.4 is 20.2 Å². The summed E-state index contributed by atoms with van der Waals surface area (Å²) in [5.41, 5.74) is 3.48. The molecule has 0 aliphatic carbocycles. The number of hydrogen-bond donors (Lipinski definition) is 2. The number of benzene rings is 2. The molecule has 1 aliphatic heterocycles. The van der Waals surface area contributed by atoms with Crippen LogP contribution in [0.3, 0.4) is 0 Å². The molecule has 0 radical (unpaired) electrons. The molecule has 1 amide bonds. The van der Waals surface area contributed by atoms with Gasteiger partial charge in [0.1, 0.15) is 12.2 Å². The van der Waals surface area contributed by atoms with Crippen molar-refractivity contribution in [2.75, 3.05) is 13.7 Å². The quantitative estimate of drug-likeness (QED) is 0.533. The lowest BCUT2D eigenvalue weighted by atomic mass is 9.90. The third kappa shape index (κ3) is 4.70. The highest BCUT2D eigenvalue weighted by molar-refractivity contribution is 5.94. The van der Waals surface area contributed by atoms with E-state index in [1.54, 1.807) is 20.2 Å². The maximum atomic E-state index is 12.9. The fourth-order valence-electron chi connectivity index (χ4n) is 4.30. The zero-order chi connectivity index (χ0) is 24.2. The number of rotatable bonds is 8. The number of aromatic nitrogens is 1. The second kappa shape index (κ2) is 10.1. The van der Waals surface area contributed by atoms with Gasteiger partial charge >= 0.3 is 0 Å². The van der Waals surface area contributed by atoms with Crippen molar-refractivity contribution in [2.45, 2.75) is 45.4 Å². The molecule has 2 unspecified atom stereocenters. The Morgan fingerprint density at radius 3 is 2.65 bits per heavy atom. The van der Waals surface area contributed by atoms with Crippen LogP contribution in [0.5, 0.6) is 11.5 Å². The summed E-state index contributed by atoms with van der Waals surface area (Å²) in [6.45, 7) is 4.00. The molecule has 0 spiro atoms. The predicted octanol–water partition coefficient (Wildman–Crippen LogP) is 3.72. The molecule has 7 nitrogen and oxygen atoms in total. The first-order chi connectivity index (χ1) is 16.4. The van der Waals surface area contributed by atoms with Gasteiger partial charge in [-0.1, -0.05) is 37.3 Å². The minimum absolute atomic E-state index is 0.0701. The first-order valence-electron chi connectivity index (χ1n) is 11.5. The molecule has 2 atom stereocenters. The molecule has 7 heteroatoms. The molecule has 3 aromatic rings. The minimum atomic E-state index is -0.482. The Hall–Kier alpha value is -3.58. The summed E-state index contributed by atoms with van der Waals surface area (Å²) in [4.78, 5) is 25.5. The number of pyridine rings is 1. The van der Waals surface area contributed by atoms with Crippen molar-refractivity contribution in [3.05, 3.63) is 81.6 Å². The SMILES string of the molecule is CCC1Cc2cc(OCc3ccccc3)c(OC)cc2-c2cc(=O)c(C(=O)NC(C)CO)cn21. The van der Waals surface area contributed by atoms with E-state index in [0.29, 0.717) is 18.1 Å². The van der Waals surface area contributed by atoms with Crippen LogP contribution in [0, 0.1) is 0 Å². The van der Waals surface area contributed by atoms with Gasteiger partial charge in [0.05, 0.1) is 19.4 Å². The maximum Gasteiger partial charge on any atom is 0.257 e. The van der Waals surface area contributed by atoms with Crippen LogP contribution >= 0.6 is 0 Å². The van der Waals surface area contributed by atoms with Crippen LogP contribution in [0.2, 0.25) is 0 Å². The van der Waals surface area contributed by atoms with E-state index < -0.39 is 11.9 Å². The van der Waals surface area contributed by atoms with E-state index in [0.717, 1.165) is 35.2 Å². The fraction of sp³-hybridized carbons (Fsp3) is 0.333. The summed E-state index contributed by atoms with van der Waals surface area (Å²) in [6, 6.07) is 15.0. The zero-order valence-corrected chi connectivity index (χ0v) is 19.7. The number of nitrogens with zero attached hydrogens (tertiary/aromatic N) is 1. The van der Waals surface area contributed by atoms with Crippen molar-refractivity contribution >= 4 is 5.91 Å². The van der Waals surface area contributed by atoms with Crippen LogP contribution in [0.15, 0.2) is 59.5 Å². The molecule has 1 aliphatic rings. The third-order valence-electron chi connectivity index (χ3n) is 6.20. The van der Waals surface area contributed by atoms with E-state index in [1.165, 1.54) is 6.07 Å². The van der Waals surface area contributed by atoms with Gasteiger partial charge in [-0.05, 0) is 43.0 Å². The van der Waals surface area contributed by atoms with E-state index in [1.807, 2.05) is 47.0 Å². The lowest BCUT2D eigenvalue weighted by Gasteiger charge is -2.31. The highest BCUT2D eigenvalue weighted by Crippen LogP contribution is 2.41. The molecule has 34 heavy (non-hydrogen) atoms. The van der Waals surface area contributed by atoms with Gasteiger partial charge in [0.15, 0.2) is 16.9 Å². The number of carbonyl (C=O) groups is 1. The van der Waals surface area contributed by atoms with Crippen molar-refractivity contribution < 1.29 is 19.4 Å². The molecule has 4 rings (SSSR count). The zero-order valence-electron chi connectivity index (χ0n) is 19.7. The lowest BCUT2D eigenvalue weighted by molar-refractivity contribution is 0.0920. The molecule has 2 aromatic carbocycles. The van der Waals surface area contributed by atoms with Crippen molar-refractivity contribution in [2.24, 2.45) is 0 Å². The molecule has 2 heterocycles.